The first-order chi connectivity index (χ1) is 15.7. The van der Waals surface area contributed by atoms with Gasteiger partial charge in [-0.1, -0.05) is 0 Å². The molecule has 176 valence electrons. The average molecular weight is 458 g/mol. The number of halogens is 2. The highest BCUT2D eigenvalue weighted by Crippen LogP contribution is 2.43. The lowest BCUT2D eigenvalue weighted by Gasteiger charge is -2.31. The minimum absolute atomic E-state index is 0.0919. The number of hydrogen-bond acceptors (Lipinski definition) is 5. The molecule has 1 aliphatic carbocycles. The van der Waals surface area contributed by atoms with Crippen LogP contribution in [0.25, 0.3) is 10.9 Å². The van der Waals surface area contributed by atoms with E-state index in [1.54, 1.807) is 18.7 Å². The Balaban J connectivity index is 1.57. The van der Waals surface area contributed by atoms with Crippen molar-refractivity contribution in [2.75, 3.05) is 6.61 Å². The Morgan fingerprint density at radius 1 is 1.12 bits per heavy atom. The second-order valence-electron chi connectivity index (χ2n) is 9.51. The number of fused-ring (bicyclic) bond motifs is 1. The van der Waals surface area contributed by atoms with E-state index in [0.29, 0.717) is 41.9 Å². The number of aromatic nitrogens is 5. The first kappa shape index (κ1) is 22.1. The minimum Gasteiger partial charge on any atom is -0.373 e. The zero-order valence-electron chi connectivity index (χ0n) is 19.2. The van der Waals surface area contributed by atoms with E-state index in [2.05, 4.69) is 10.1 Å². The Morgan fingerprint density at radius 3 is 2.58 bits per heavy atom. The van der Waals surface area contributed by atoms with Gasteiger partial charge in [0.05, 0.1) is 28.9 Å². The number of rotatable bonds is 3. The zero-order valence-corrected chi connectivity index (χ0v) is 19.2. The van der Waals surface area contributed by atoms with Crippen LogP contribution in [0.2, 0.25) is 0 Å². The molecule has 1 saturated heterocycles. The van der Waals surface area contributed by atoms with Crippen molar-refractivity contribution >= 4 is 10.9 Å². The fourth-order valence-electron chi connectivity index (χ4n) is 5.14. The molecule has 0 N–H and O–H groups in total. The Morgan fingerprint density at radius 2 is 1.88 bits per heavy atom. The van der Waals surface area contributed by atoms with E-state index in [-0.39, 0.29) is 36.3 Å². The van der Waals surface area contributed by atoms with Gasteiger partial charge in [-0.3, -0.25) is 19.0 Å². The van der Waals surface area contributed by atoms with Crippen LogP contribution in [0.1, 0.15) is 79.2 Å². The van der Waals surface area contributed by atoms with Gasteiger partial charge < -0.3 is 4.74 Å². The Hall–Kier alpha value is -2.68. The molecule has 2 aliphatic rings. The van der Waals surface area contributed by atoms with Crippen LogP contribution in [-0.4, -0.2) is 36.8 Å². The SMILES string of the molecule is Cc1nc2c(C3CCC(F)(F)CC3)nc([C@@H]3CCO[C@H](c4cnn(C)c4)C3)cc2c(=O)n1C. The maximum absolute atomic E-state index is 13.9. The highest BCUT2D eigenvalue weighted by atomic mass is 19.3. The van der Waals surface area contributed by atoms with Gasteiger partial charge in [-0.05, 0) is 38.7 Å². The molecule has 5 rings (SSSR count). The van der Waals surface area contributed by atoms with Gasteiger partial charge in [-0.25, -0.2) is 13.8 Å². The summed E-state index contributed by atoms with van der Waals surface area (Å²) >= 11 is 0. The molecule has 0 radical (unpaired) electrons. The number of nitrogens with zero attached hydrogens (tertiary/aromatic N) is 5. The minimum atomic E-state index is -2.62. The standard InChI is InChI=1S/C24H29F2N5O2/c1-14-28-22-18(23(32)31(14)3)11-19(29-21(22)15-4-7-24(25,26)8-5-15)16-6-9-33-20(10-16)17-12-27-30(2)13-17/h11-13,15-16,20H,4-10H2,1-3H3/t16-,20+/m1/s1. The molecule has 1 saturated carbocycles. The topological polar surface area (TPSA) is 74.8 Å². The maximum Gasteiger partial charge on any atom is 0.261 e. The number of ether oxygens (including phenoxy) is 1. The highest BCUT2D eigenvalue weighted by Gasteiger charge is 2.37. The normalized spacial score (nSPS) is 23.8. The van der Waals surface area contributed by atoms with E-state index < -0.39 is 5.92 Å². The number of hydrogen-bond donors (Lipinski definition) is 0. The molecule has 3 aromatic heterocycles. The fraction of sp³-hybridized carbons (Fsp3) is 0.583. The van der Waals surface area contributed by atoms with Gasteiger partial charge in [0.1, 0.15) is 5.82 Å². The molecule has 2 atom stereocenters. The van der Waals surface area contributed by atoms with E-state index in [1.165, 1.54) is 4.57 Å². The summed E-state index contributed by atoms with van der Waals surface area (Å²) in [6.07, 6.45) is 5.58. The molecule has 0 amide bonds. The third kappa shape index (κ3) is 4.18. The molecule has 3 aromatic rings. The summed E-state index contributed by atoms with van der Waals surface area (Å²) in [4.78, 5) is 22.8. The Kier molecular flexibility index (Phi) is 5.55. The predicted molar refractivity (Wildman–Crippen MR) is 120 cm³/mol. The molecule has 2 fully saturated rings. The summed E-state index contributed by atoms with van der Waals surface area (Å²) in [6.45, 7) is 2.36. The zero-order chi connectivity index (χ0) is 23.3. The monoisotopic (exact) mass is 457 g/mol. The Labute approximate surface area is 190 Å². The molecule has 33 heavy (non-hydrogen) atoms. The summed E-state index contributed by atoms with van der Waals surface area (Å²) in [5, 5.41) is 4.77. The van der Waals surface area contributed by atoms with Crippen LogP contribution < -0.4 is 5.56 Å². The lowest BCUT2D eigenvalue weighted by Crippen LogP contribution is -2.27. The van der Waals surface area contributed by atoms with Gasteiger partial charge in [0.25, 0.3) is 5.56 Å². The first-order valence-electron chi connectivity index (χ1n) is 11.6. The number of aryl methyl sites for hydroxylation is 2. The molecule has 9 heteroatoms. The highest BCUT2D eigenvalue weighted by molar-refractivity contribution is 5.81. The quantitative estimate of drug-likeness (QED) is 0.586. The molecular weight excluding hydrogens is 428 g/mol. The molecular formula is C24H29F2N5O2. The van der Waals surface area contributed by atoms with Crippen LogP contribution in [0.4, 0.5) is 8.78 Å². The van der Waals surface area contributed by atoms with Gasteiger partial charge in [0, 0.05) is 62.8 Å². The lowest BCUT2D eigenvalue weighted by molar-refractivity contribution is -0.0384. The third-order valence-electron chi connectivity index (χ3n) is 7.24. The molecule has 0 unspecified atom stereocenters. The second-order valence-corrected chi connectivity index (χ2v) is 9.51. The van der Waals surface area contributed by atoms with Crippen LogP contribution in [-0.2, 0) is 18.8 Å². The van der Waals surface area contributed by atoms with E-state index >= 15 is 0 Å². The van der Waals surface area contributed by atoms with E-state index in [0.717, 1.165) is 24.1 Å². The van der Waals surface area contributed by atoms with Crippen LogP contribution in [0.5, 0.6) is 0 Å². The van der Waals surface area contributed by atoms with Crippen molar-refractivity contribution in [1.82, 2.24) is 24.3 Å². The van der Waals surface area contributed by atoms with Crippen LogP contribution in [0.3, 0.4) is 0 Å². The van der Waals surface area contributed by atoms with Gasteiger partial charge in [-0.15, -0.1) is 0 Å². The van der Waals surface area contributed by atoms with Crippen molar-refractivity contribution < 1.29 is 13.5 Å². The molecule has 1 aliphatic heterocycles. The molecule has 0 bridgehead atoms. The molecule has 0 spiro atoms. The van der Waals surface area contributed by atoms with E-state index in [1.807, 2.05) is 25.5 Å². The van der Waals surface area contributed by atoms with Crippen molar-refractivity contribution in [2.45, 2.75) is 69.3 Å². The summed E-state index contributed by atoms with van der Waals surface area (Å²) in [6, 6.07) is 1.86. The van der Waals surface area contributed by atoms with Crippen molar-refractivity contribution in [2.24, 2.45) is 14.1 Å². The summed E-state index contributed by atoms with van der Waals surface area (Å²) in [7, 11) is 3.58. The van der Waals surface area contributed by atoms with E-state index in [4.69, 9.17) is 9.72 Å². The maximum atomic E-state index is 13.9. The number of alkyl halides is 2. The predicted octanol–water partition coefficient (Wildman–Crippen LogP) is 4.30. The average Bonchev–Trinajstić information content (AvgIpc) is 3.24. The fourth-order valence-corrected chi connectivity index (χ4v) is 5.14. The third-order valence-corrected chi connectivity index (χ3v) is 7.24. The van der Waals surface area contributed by atoms with Gasteiger partial charge >= 0.3 is 0 Å². The first-order valence-corrected chi connectivity index (χ1v) is 11.6. The van der Waals surface area contributed by atoms with Crippen LogP contribution in [0, 0.1) is 6.92 Å². The van der Waals surface area contributed by atoms with Crippen molar-refractivity contribution in [3.8, 4) is 0 Å². The van der Waals surface area contributed by atoms with Crippen molar-refractivity contribution in [3.63, 3.8) is 0 Å². The van der Waals surface area contributed by atoms with Crippen molar-refractivity contribution in [1.29, 1.82) is 0 Å². The van der Waals surface area contributed by atoms with Gasteiger partial charge in [0.2, 0.25) is 5.92 Å². The molecule has 7 nitrogen and oxygen atoms in total. The number of pyridine rings is 1. The summed E-state index contributed by atoms with van der Waals surface area (Å²) in [5.41, 5.74) is 2.98. The largest absolute Gasteiger partial charge is 0.373 e. The van der Waals surface area contributed by atoms with Gasteiger partial charge in [0.15, 0.2) is 0 Å². The van der Waals surface area contributed by atoms with Crippen molar-refractivity contribution in [3.05, 3.63) is 51.6 Å². The smallest absolute Gasteiger partial charge is 0.261 e. The van der Waals surface area contributed by atoms with Gasteiger partial charge in [-0.2, -0.15) is 5.10 Å². The van der Waals surface area contributed by atoms with Crippen LogP contribution in [0.15, 0.2) is 23.3 Å². The second kappa shape index (κ2) is 8.27. The molecule has 0 aromatic carbocycles. The summed E-state index contributed by atoms with van der Waals surface area (Å²) < 4.78 is 37.0. The molecule has 4 heterocycles. The Bertz CT molecular complexity index is 1240. The van der Waals surface area contributed by atoms with Crippen LogP contribution >= 0.6 is 0 Å². The summed E-state index contributed by atoms with van der Waals surface area (Å²) in [5.74, 6) is -2.06. The lowest BCUT2D eigenvalue weighted by atomic mass is 9.83. The van der Waals surface area contributed by atoms with E-state index in [9.17, 15) is 13.6 Å².